The van der Waals surface area contributed by atoms with E-state index in [0.29, 0.717) is 0 Å². The summed E-state index contributed by atoms with van der Waals surface area (Å²) >= 11 is 2.36. The van der Waals surface area contributed by atoms with Crippen LogP contribution in [0.4, 0.5) is 0 Å². The monoisotopic (exact) mass is 358 g/mol. The van der Waals surface area contributed by atoms with Gasteiger partial charge in [-0.05, 0) is 72.6 Å². The van der Waals surface area contributed by atoms with E-state index in [0.717, 1.165) is 25.7 Å². The summed E-state index contributed by atoms with van der Waals surface area (Å²) in [4.78, 5) is 2.63. The van der Waals surface area contributed by atoms with E-state index in [2.05, 4.69) is 64.0 Å². The summed E-state index contributed by atoms with van der Waals surface area (Å²) in [6.07, 6.45) is 3.92. The zero-order chi connectivity index (χ0) is 12.8. The molecule has 18 heavy (non-hydrogen) atoms. The number of nitrogens with zero attached hydrogens (tertiary/aromatic N) is 1. The molecule has 1 aliphatic heterocycles. The van der Waals surface area contributed by atoms with Crippen LogP contribution in [0, 0.1) is 3.57 Å². The number of likely N-dealkylation sites (tertiary alicyclic amines) is 1. The second-order valence-electron chi connectivity index (χ2n) is 5.10. The molecule has 1 unspecified atom stereocenters. The lowest BCUT2D eigenvalue weighted by molar-refractivity contribution is 0.239. The highest BCUT2D eigenvalue weighted by atomic mass is 127. The molecule has 0 aliphatic carbocycles. The molecule has 1 heterocycles. The van der Waals surface area contributed by atoms with Crippen LogP contribution in [0.5, 0.6) is 0 Å². The normalized spacial score (nSPS) is 20.4. The van der Waals surface area contributed by atoms with Crippen LogP contribution in [-0.2, 0) is 6.54 Å². The van der Waals surface area contributed by atoms with Gasteiger partial charge in [0.05, 0.1) is 0 Å². The Morgan fingerprint density at radius 3 is 2.83 bits per heavy atom. The Labute approximate surface area is 124 Å². The highest BCUT2D eigenvalue weighted by Gasteiger charge is 2.23. The first-order chi connectivity index (χ1) is 8.79. The number of nitrogens with one attached hydrogen (secondary N) is 1. The number of hydrogen-bond acceptors (Lipinski definition) is 2. The summed E-state index contributed by atoms with van der Waals surface area (Å²) in [6.45, 7) is 6.89. The molecule has 0 bridgehead atoms. The maximum atomic E-state index is 3.56. The lowest BCUT2D eigenvalue weighted by atomic mass is 10.2. The van der Waals surface area contributed by atoms with E-state index in [4.69, 9.17) is 0 Å². The van der Waals surface area contributed by atoms with Crippen LogP contribution < -0.4 is 5.32 Å². The van der Waals surface area contributed by atoms with Gasteiger partial charge in [0.2, 0.25) is 0 Å². The predicted molar refractivity (Wildman–Crippen MR) is 85.8 cm³/mol. The lowest BCUT2D eigenvalue weighted by Gasteiger charge is -2.24. The van der Waals surface area contributed by atoms with Crippen molar-refractivity contribution in [2.45, 2.75) is 38.8 Å². The Morgan fingerprint density at radius 1 is 1.33 bits per heavy atom. The van der Waals surface area contributed by atoms with E-state index < -0.39 is 0 Å². The molecular weight excluding hydrogens is 335 g/mol. The zero-order valence-electron chi connectivity index (χ0n) is 11.2. The fourth-order valence-electron chi connectivity index (χ4n) is 2.60. The van der Waals surface area contributed by atoms with Gasteiger partial charge < -0.3 is 5.32 Å². The van der Waals surface area contributed by atoms with Crippen molar-refractivity contribution < 1.29 is 0 Å². The molecule has 0 radical (unpaired) electrons. The number of rotatable bonds is 6. The van der Waals surface area contributed by atoms with Crippen LogP contribution in [0.25, 0.3) is 0 Å². The van der Waals surface area contributed by atoms with E-state index in [1.54, 1.807) is 0 Å². The molecule has 1 fully saturated rings. The topological polar surface area (TPSA) is 15.3 Å². The Kier molecular flexibility index (Phi) is 5.92. The lowest BCUT2D eigenvalue weighted by Crippen LogP contribution is -2.37. The summed E-state index contributed by atoms with van der Waals surface area (Å²) in [6, 6.07) is 9.66. The van der Waals surface area contributed by atoms with E-state index in [1.165, 1.54) is 34.9 Å². The number of benzene rings is 1. The van der Waals surface area contributed by atoms with Crippen molar-refractivity contribution in [2.75, 3.05) is 19.6 Å². The molecule has 1 atom stereocenters. The third kappa shape index (κ3) is 4.21. The third-order valence-electron chi connectivity index (χ3n) is 3.60. The van der Waals surface area contributed by atoms with Crippen LogP contribution in [0.1, 0.15) is 31.7 Å². The standard InChI is InChI=1S/C15H23IN2/c1-2-9-17-11-15-4-3-10-18(15)12-13-5-7-14(16)8-6-13/h5-8,15,17H,2-4,9-12H2,1H3. The highest BCUT2D eigenvalue weighted by Crippen LogP contribution is 2.20. The molecule has 0 aromatic heterocycles. The van der Waals surface area contributed by atoms with Gasteiger partial charge in [0.15, 0.2) is 0 Å². The van der Waals surface area contributed by atoms with Crippen LogP contribution in [-0.4, -0.2) is 30.6 Å². The predicted octanol–water partition coefficient (Wildman–Crippen LogP) is 3.26. The third-order valence-corrected chi connectivity index (χ3v) is 4.32. The number of hydrogen-bond donors (Lipinski definition) is 1. The molecule has 100 valence electrons. The molecule has 1 saturated heterocycles. The van der Waals surface area contributed by atoms with Crippen molar-refractivity contribution in [1.82, 2.24) is 10.2 Å². The second-order valence-corrected chi connectivity index (χ2v) is 6.34. The minimum absolute atomic E-state index is 0.732. The largest absolute Gasteiger partial charge is 0.315 e. The summed E-state index contributed by atoms with van der Waals surface area (Å²) in [5.41, 5.74) is 1.44. The average Bonchev–Trinajstić information content (AvgIpc) is 2.80. The Morgan fingerprint density at radius 2 is 2.11 bits per heavy atom. The van der Waals surface area contributed by atoms with Crippen molar-refractivity contribution in [2.24, 2.45) is 0 Å². The van der Waals surface area contributed by atoms with E-state index in [9.17, 15) is 0 Å². The van der Waals surface area contributed by atoms with E-state index >= 15 is 0 Å². The van der Waals surface area contributed by atoms with Gasteiger partial charge in [0.25, 0.3) is 0 Å². The maximum Gasteiger partial charge on any atom is 0.0237 e. The smallest absolute Gasteiger partial charge is 0.0237 e. The molecule has 1 aromatic carbocycles. The van der Waals surface area contributed by atoms with Gasteiger partial charge in [-0.3, -0.25) is 4.90 Å². The zero-order valence-corrected chi connectivity index (χ0v) is 13.3. The van der Waals surface area contributed by atoms with Crippen molar-refractivity contribution in [3.63, 3.8) is 0 Å². The molecule has 0 amide bonds. The molecule has 1 aliphatic rings. The van der Waals surface area contributed by atoms with Crippen LogP contribution in [0.15, 0.2) is 24.3 Å². The quantitative estimate of drug-likeness (QED) is 0.620. The SMILES string of the molecule is CCCNCC1CCCN1Cc1ccc(I)cc1. The van der Waals surface area contributed by atoms with Crippen LogP contribution >= 0.6 is 22.6 Å². The van der Waals surface area contributed by atoms with Gasteiger partial charge in [-0.1, -0.05) is 19.1 Å². The second kappa shape index (κ2) is 7.46. The fraction of sp³-hybridized carbons (Fsp3) is 0.600. The average molecular weight is 358 g/mol. The minimum atomic E-state index is 0.732. The van der Waals surface area contributed by atoms with Gasteiger partial charge in [-0.25, -0.2) is 0 Å². The van der Waals surface area contributed by atoms with E-state index in [1.807, 2.05) is 0 Å². The molecule has 2 nitrogen and oxygen atoms in total. The molecular formula is C15H23IN2. The van der Waals surface area contributed by atoms with Gasteiger partial charge >= 0.3 is 0 Å². The van der Waals surface area contributed by atoms with Crippen LogP contribution in [0.3, 0.4) is 0 Å². The summed E-state index contributed by atoms with van der Waals surface area (Å²) < 4.78 is 1.32. The van der Waals surface area contributed by atoms with Crippen molar-refractivity contribution >= 4 is 22.6 Å². The maximum absolute atomic E-state index is 3.56. The Hall–Kier alpha value is -0.130. The molecule has 3 heteroatoms. The van der Waals surface area contributed by atoms with E-state index in [-0.39, 0.29) is 0 Å². The summed E-state index contributed by atoms with van der Waals surface area (Å²) in [5.74, 6) is 0. The Bertz CT molecular complexity index is 350. The van der Waals surface area contributed by atoms with Gasteiger partial charge in [-0.2, -0.15) is 0 Å². The van der Waals surface area contributed by atoms with Gasteiger partial charge in [-0.15, -0.1) is 0 Å². The van der Waals surface area contributed by atoms with Crippen molar-refractivity contribution in [1.29, 1.82) is 0 Å². The first kappa shape index (κ1) is 14.3. The van der Waals surface area contributed by atoms with Crippen LogP contribution in [0.2, 0.25) is 0 Å². The van der Waals surface area contributed by atoms with Crippen molar-refractivity contribution in [3.8, 4) is 0 Å². The first-order valence-corrected chi connectivity index (χ1v) is 8.06. The highest BCUT2D eigenvalue weighted by molar-refractivity contribution is 14.1. The Balaban J connectivity index is 1.85. The molecule has 2 rings (SSSR count). The fourth-order valence-corrected chi connectivity index (χ4v) is 2.96. The van der Waals surface area contributed by atoms with Gasteiger partial charge in [0, 0.05) is 22.7 Å². The first-order valence-electron chi connectivity index (χ1n) is 6.99. The molecule has 1 aromatic rings. The summed E-state index contributed by atoms with van der Waals surface area (Å²) in [7, 11) is 0. The number of halogens is 1. The molecule has 0 saturated carbocycles. The van der Waals surface area contributed by atoms with Crippen molar-refractivity contribution in [3.05, 3.63) is 33.4 Å². The summed E-state index contributed by atoms with van der Waals surface area (Å²) in [5, 5.41) is 3.56. The van der Waals surface area contributed by atoms with Gasteiger partial charge in [0.1, 0.15) is 0 Å². The minimum Gasteiger partial charge on any atom is -0.315 e. The molecule has 0 spiro atoms. The molecule has 1 N–H and O–H groups in total.